The SMILES string of the molecule is CN(C)c1nc(-c2cccnc2)nc2c1CCN(C(=O)CCCC(N)=O)C2. The van der Waals surface area contributed by atoms with Gasteiger partial charge in [0.2, 0.25) is 11.8 Å². The maximum Gasteiger partial charge on any atom is 0.222 e. The van der Waals surface area contributed by atoms with Gasteiger partial charge in [0.25, 0.3) is 0 Å². The number of carbonyl (C=O) groups excluding carboxylic acids is 2. The molecule has 0 aliphatic carbocycles. The number of carbonyl (C=O) groups is 2. The summed E-state index contributed by atoms with van der Waals surface area (Å²) in [6, 6.07) is 3.77. The topological polar surface area (TPSA) is 105 Å². The van der Waals surface area contributed by atoms with Crippen molar-refractivity contribution >= 4 is 17.6 Å². The molecule has 0 radical (unpaired) electrons. The van der Waals surface area contributed by atoms with Crippen LogP contribution in [0.2, 0.25) is 0 Å². The molecule has 8 nitrogen and oxygen atoms in total. The molecule has 0 saturated carbocycles. The van der Waals surface area contributed by atoms with E-state index in [9.17, 15) is 9.59 Å². The van der Waals surface area contributed by atoms with Crippen molar-refractivity contribution in [2.24, 2.45) is 5.73 Å². The Hall–Kier alpha value is -3.03. The molecule has 0 bridgehead atoms. The first-order chi connectivity index (χ1) is 13.0. The van der Waals surface area contributed by atoms with Crippen LogP contribution in [0.4, 0.5) is 5.82 Å². The Balaban J connectivity index is 1.85. The fourth-order valence-electron chi connectivity index (χ4n) is 3.19. The lowest BCUT2D eigenvalue weighted by molar-refractivity contribution is -0.132. The van der Waals surface area contributed by atoms with E-state index in [0.29, 0.717) is 38.2 Å². The number of nitrogens with zero attached hydrogens (tertiary/aromatic N) is 5. The summed E-state index contributed by atoms with van der Waals surface area (Å²) >= 11 is 0. The summed E-state index contributed by atoms with van der Waals surface area (Å²) < 4.78 is 0. The number of nitrogens with two attached hydrogens (primary N) is 1. The molecule has 2 N–H and O–H groups in total. The highest BCUT2D eigenvalue weighted by molar-refractivity contribution is 5.78. The van der Waals surface area contributed by atoms with Crippen LogP contribution in [-0.2, 0) is 22.6 Å². The summed E-state index contributed by atoms with van der Waals surface area (Å²) in [4.78, 5) is 40.7. The molecule has 0 aromatic carbocycles. The quantitative estimate of drug-likeness (QED) is 0.820. The summed E-state index contributed by atoms with van der Waals surface area (Å²) in [5, 5.41) is 0. The average molecular weight is 368 g/mol. The molecule has 0 saturated heterocycles. The van der Waals surface area contributed by atoms with E-state index in [0.717, 1.165) is 22.6 Å². The summed E-state index contributed by atoms with van der Waals surface area (Å²) in [5.74, 6) is 1.12. The number of amides is 2. The molecule has 142 valence electrons. The first kappa shape index (κ1) is 18.8. The zero-order chi connectivity index (χ0) is 19.4. The van der Waals surface area contributed by atoms with E-state index >= 15 is 0 Å². The number of hydrogen-bond donors (Lipinski definition) is 1. The normalized spacial score (nSPS) is 13.2. The first-order valence-corrected chi connectivity index (χ1v) is 8.99. The van der Waals surface area contributed by atoms with Gasteiger partial charge in [-0.15, -0.1) is 0 Å². The zero-order valence-electron chi connectivity index (χ0n) is 15.7. The number of primary amides is 1. The molecule has 27 heavy (non-hydrogen) atoms. The molecule has 0 spiro atoms. The Morgan fingerprint density at radius 3 is 2.74 bits per heavy atom. The van der Waals surface area contributed by atoms with Crippen LogP contribution in [0, 0.1) is 0 Å². The standard InChI is InChI=1S/C19H24N6O2/c1-24(2)19-14-8-10-25(17(27)7-3-6-16(20)26)12-15(14)22-18(23-19)13-5-4-9-21-11-13/h4-5,9,11H,3,6-8,10,12H2,1-2H3,(H2,20,26). The van der Waals surface area contributed by atoms with Crippen LogP contribution < -0.4 is 10.6 Å². The van der Waals surface area contributed by atoms with E-state index in [1.807, 2.05) is 31.1 Å². The van der Waals surface area contributed by atoms with Crippen molar-refractivity contribution in [3.63, 3.8) is 0 Å². The second-order valence-electron chi connectivity index (χ2n) is 6.82. The molecule has 2 aromatic rings. The van der Waals surface area contributed by atoms with Crippen molar-refractivity contribution in [3.05, 3.63) is 35.8 Å². The highest BCUT2D eigenvalue weighted by Crippen LogP contribution is 2.28. The van der Waals surface area contributed by atoms with Gasteiger partial charge in [0.15, 0.2) is 5.82 Å². The van der Waals surface area contributed by atoms with Gasteiger partial charge in [-0.05, 0) is 25.0 Å². The molecule has 8 heteroatoms. The lowest BCUT2D eigenvalue weighted by Gasteiger charge is -2.30. The van der Waals surface area contributed by atoms with E-state index in [1.165, 1.54) is 0 Å². The molecule has 2 aromatic heterocycles. The Bertz CT molecular complexity index is 838. The van der Waals surface area contributed by atoms with E-state index in [-0.39, 0.29) is 18.2 Å². The van der Waals surface area contributed by atoms with Crippen LogP contribution in [0.3, 0.4) is 0 Å². The average Bonchev–Trinajstić information content (AvgIpc) is 2.66. The number of hydrogen-bond acceptors (Lipinski definition) is 6. The minimum absolute atomic E-state index is 0.0230. The van der Waals surface area contributed by atoms with Crippen LogP contribution >= 0.6 is 0 Å². The summed E-state index contributed by atoms with van der Waals surface area (Å²) in [7, 11) is 3.91. The molecular weight excluding hydrogens is 344 g/mol. The monoisotopic (exact) mass is 368 g/mol. The second kappa shape index (κ2) is 8.11. The number of rotatable bonds is 6. The Kier molecular flexibility index (Phi) is 5.63. The van der Waals surface area contributed by atoms with Crippen molar-refractivity contribution in [2.45, 2.75) is 32.2 Å². The van der Waals surface area contributed by atoms with E-state index in [4.69, 9.17) is 15.7 Å². The van der Waals surface area contributed by atoms with E-state index < -0.39 is 0 Å². The highest BCUT2D eigenvalue weighted by atomic mass is 16.2. The molecule has 3 heterocycles. The summed E-state index contributed by atoms with van der Waals surface area (Å²) in [5.41, 5.74) is 7.93. The fourth-order valence-corrected chi connectivity index (χ4v) is 3.19. The number of fused-ring (bicyclic) bond motifs is 1. The van der Waals surface area contributed by atoms with Gasteiger partial charge in [-0.3, -0.25) is 14.6 Å². The Morgan fingerprint density at radius 1 is 1.26 bits per heavy atom. The van der Waals surface area contributed by atoms with Crippen molar-refractivity contribution in [3.8, 4) is 11.4 Å². The largest absolute Gasteiger partial charge is 0.370 e. The summed E-state index contributed by atoms with van der Waals surface area (Å²) in [6.07, 6.45) is 5.18. The molecule has 2 amide bonds. The molecule has 0 atom stereocenters. The maximum absolute atomic E-state index is 12.5. The third-order valence-corrected chi connectivity index (χ3v) is 4.55. The molecule has 1 aliphatic rings. The van der Waals surface area contributed by atoms with E-state index in [2.05, 4.69) is 4.98 Å². The number of aromatic nitrogens is 3. The predicted octanol–water partition coefficient (Wildman–Crippen LogP) is 1.14. The number of anilines is 1. The van der Waals surface area contributed by atoms with Gasteiger partial charge in [0, 0.05) is 57.0 Å². The van der Waals surface area contributed by atoms with Gasteiger partial charge in [-0.2, -0.15) is 0 Å². The van der Waals surface area contributed by atoms with Gasteiger partial charge in [-0.1, -0.05) is 0 Å². The van der Waals surface area contributed by atoms with Gasteiger partial charge >= 0.3 is 0 Å². The highest BCUT2D eigenvalue weighted by Gasteiger charge is 2.26. The van der Waals surface area contributed by atoms with Crippen LogP contribution in [0.15, 0.2) is 24.5 Å². The van der Waals surface area contributed by atoms with Gasteiger partial charge < -0.3 is 15.5 Å². The lowest BCUT2D eigenvalue weighted by Crippen LogP contribution is -2.37. The summed E-state index contributed by atoms with van der Waals surface area (Å²) in [6.45, 7) is 1.07. The Labute approximate surface area is 158 Å². The van der Waals surface area contributed by atoms with Crippen molar-refractivity contribution in [2.75, 3.05) is 25.5 Å². The smallest absolute Gasteiger partial charge is 0.222 e. The number of pyridine rings is 1. The Morgan fingerprint density at radius 2 is 2.07 bits per heavy atom. The third-order valence-electron chi connectivity index (χ3n) is 4.55. The van der Waals surface area contributed by atoms with Crippen molar-refractivity contribution in [1.29, 1.82) is 0 Å². The molecule has 1 aliphatic heterocycles. The second-order valence-corrected chi connectivity index (χ2v) is 6.82. The third kappa shape index (κ3) is 4.39. The molecule has 0 unspecified atom stereocenters. The molecule has 0 fully saturated rings. The van der Waals surface area contributed by atoms with Crippen molar-refractivity contribution in [1.82, 2.24) is 19.9 Å². The molecular formula is C19H24N6O2. The van der Waals surface area contributed by atoms with Crippen LogP contribution in [0.1, 0.15) is 30.5 Å². The zero-order valence-corrected chi connectivity index (χ0v) is 15.7. The minimum atomic E-state index is -0.378. The fraction of sp³-hybridized carbons (Fsp3) is 0.421. The van der Waals surface area contributed by atoms with Gasteiger partial charge in [0.1, 0.15) is 5.82 Å². The van der Waals surface area contributed by atoms with Crippen molar-refractivity contribution < 1.29 is 9.59 Å². The van der Waals surface area contributed by atoms with Crippen LogP contribution in [0.25, 0.3) is 11.4 Å². The van der Waals surface area contributed by atoms with Gasteiger partial charge in [0.05, 0.1) is 12.2 Å². The minimum Gasteiger partial charge on any atom is -0.370 e. The van der Waals surface area contributed by atoms with Crippen LogP contribution in [-0.4, -0.2) is 52.3 Å². The molecule has 3 rings (SSSR count). The predicted molar refractivity (Wildman–Crippen MR) is 102 cm³/mol. The first-order valence-electron chi connectivity index (χ1n) is 8.99. The van der Waals surface area contributed by atoms with Gasteiger partial charge in [-0.25, -0.2) is 9.97 Å². The van der Waals surface area contributed by atoms with Crippen LogP contribution in [0.5, 0.6) is 0 Å². The maximum atomic E-state index is 12.5. The lowest BCUT2D eigenvalue weighted by atomic mass is 10.0. The van der Waals surface area contributed by atoms with E-state index in [1.54, 1.807) is 17.3 Å².